The van der Waals surface area contributed by atoms with Gasteiger partial charge >= 0.3 is 0 Å². The van der Waals surface area contributed by atoms with Crippen LogP contribution in [0.2, 0.25) is 0 Å². The molecule has 0 saturated carbocycles. The summed E-state index contributed by atoms with van der Waals surface area (Å²) < 4.78 is 1.92. The molecule has 2 heterocycles. The maximum Gasteiger partial charge on any atom is 0.0836 e. The van der Waals surface area contributed by atoms with Crippen LogP contribution in [0.25, 0.3) is 16.8 Å². The highest BCUT2D eigenvalue weighted by Crippen LogP contribution is 2.25. The maximum absolute atomic E-state index is 4.39. The van der Waals surface area contributed by atoms with Gasteiger partial charge < -0.3 is 0 Å². The van der Waals surface area contributed by atoms with E-state index in [0.717, 1.165) is 11.4 Å². The first-order valence-corrected chi connectivity index (χ1v) is 5.42. The summed E-state index contributed by atoms with van der Waals surface area (Å²) in [6.45, 7) is 4.01. The molecule has 2 aromatic heterocycles. The largest absolute Gasteiger partial charge is 0.240 e. The van der Waals surface area contributed by atoms with Gasteiger partial charge in [0.1, 0.15) is 0 Å². The van der Waals surface area contributed by atoms with Gasteiger partial charge in [0.2, 0.25) is 0 Å². The van der Waals surface area contributed by atoms with Gasteiger partial charge in [0.05, 0.1) is 16.3 Å². The highest BCUT2D eigenvalue weighted by Gasteiger charge is 2.05. The highest BCUT2D eigenvalue weighted by atomic mass is 32.1. The van der Waals surface area contributed by atoms with Crippen LogP contribution >= 0.6 is 11.3 Å². The zero-order valence-corrected chi connectivity index (χ0v) is 9.08. The van der Waals surface area contributed by atoms with E-state index in [0.29, 0.717) is 0 Å². The molecule has 2 rings (SSSR count). The van der Waals surface area contributed by atoms with Crippen molar-refractivity contribution in [1.82, 2.24) is 9.78 Å². The first kappa shape index (κ1) is 9.21. The van der Waals surface area contributed by atoms with Gasteiger partial charge in [0.25, 0.3) is 0 Å². The van der Waals surface area contributed by atoms with Crippen LogP contribution in [0.15, 0.2) is 29.7 Å². The minimum Gasteiger partial charge on any atom is -0.240 e. The van der Waals surface area contributed by atoms with Crippen LogP contribution in [-0.2, 0) is 0 Å². The number of aryl methyl sites for hydroxylation is 1. The van der Waals surface area contributed by atoms with Crippen molar-refractivity contribution < 1.29 is 0 Å². The molecule has 0 spiro atoms. The van der Waals surface area contributed by atoms with E-state index in [-0.39, 0.29) is 0 Å². The molecule has 0 aliphatic heterocycles. The fourth-order valence-electron chi connectivity index (χ4n) is 1.38. The van der Waals surface area contributed by atoms with Gasteiger partial charge in [0.15, 0.2) is 0 Å². The van der Waals surface area contributed by atoms with Gasteiger partial charge in [-0.15, -0.1) is 11.3 Å². The van der Waals surface area contributed by atoms with Crippen LogP contribution in [0.1, 0.15) is 12.6 Å². The second-order valence-electron chi connectivity index (χ2n) is 3.08. The third-order valence-electron chi connectivity index (χ3n) is 1.92. The summed E-state index contributed by atoms with van der Waals surface area (Å²) >= 11 is 1.73. The summed E-state index contributed by atoms with van der Waals surface area (Å²) in [5.74, 6) is 0. The van der Waals surface area contributed by atoms with Crippen molar-refractivity contribution in [2.45, 2.75) is 13.8 Å². The minimum atomic E-state index is 1.05. The third kappa shape index (κ3) is 1.63. The van der Waals surface area contributed by atoms with Crippen LogP contribution in [0.4, 0.5) is 0 Å². The van der Waals surface area contributed by atoms with Crippen molar-refractivity contribution in [3.8, 4) is 10.6 Å². The number of hydrogen-bond acceptors (Lipinski definition) is 2. The molecule has 0 atom stereocenters. The fourth-order valence-corrected chi connectivity index (χ4v) is 2.11. The summed E-state index contributed by atoms with van der Waals surface area (Å²) in [5, 5.41) is 6.47. The average Bonchev–Trinajstić information content (AvgIpc) is 2.74. The Labute approximate surface area is 87.5 Å². The molecule has 72 valence electrons. The van der Waals surface area contributed by atoms with Gasteiger partial charge in [-0.05, 0) is 31.4 Å². The number of nitrogens with zero attached hydrogens (tertiary/aromatic N) is 2. The van der Waals surface area contributed by atoms with Crippen molar-refractivity contribution in [2.24, 2.45) is 0 Å². The summed E-state index contributed by atoms with van der Waals surface area (Å²) in [7, 11) is 0. The quantitative estimate of drug-likeness (QED) is 0.733. The molecular weight excluding hydrogens is 192 g/mol. The summed E-state index contributed by atoms with van der Waals surface area (Å²) in [4.78, 5) is 1.25. The third-order valence-corrected chi connectivity index (χ3v) is 2.81. The van der Waals surface area contributed by atoms with Gasteiger partial charge in [-0.3, -0.25) is 0 Å². The number of allylic oxidation sites excluding steroid dienone is 1. The van der Waals surface area contributed by atoms with E-state index in [2.05, 4.69) is 28.7 Å². The number of aromatic nitrogens is 2. The molecule has 2 aromatic rings. The Kier molecular flexibility index (Phi) is 2.50. The molecular formula is C11H12N2S. The van der Waals surface area contributed by atoms with Crippen LogP contribution in [-0.4, -0.2) is 9.78 Å². The van der Waals surface area contributed by atoms with E-state index in [9.17, 15) is 0 Å². The molecule has 2 nitrogen and oxygen atoms in total. The van der Waals surface area contributed by atoms with E-state index in [4.69, 9.17) is 0 Å². The first-order valence-electron chi connectivity index (χ1n) is 4.54. The number of rotatable bonds is 2. The van der Waals surface area contributed by atoms with Crippen molar-refractivity contribution in [1.29, 1.82) is 0 Å². The van der Waals surface area contributed by atoms with E-state index in [1.165, 1.54) is 4.88 Å². The predicted molar refractivity (Wildman–Crippen MR) is 61.3 cm³/mol. The lowest BCUT2D eigenvalue weighted by molar-refractivity contribution is 0.918. The molecule has 0 aromatic carbocycles. The molecule has 0 aliphatic rings. The molecule has 0 N–H and O–H groups in total. The van der Waals surface area contributed by atoms with Gasteiger partial charge in [-0.25, -0.2) is 4.68 Å². The monoisotopic (exact) mass is 204 g/mol. The molecule has 0 bridgehead atoms. The summed E-state index contributed by atoms with van der Waals surface area (Å²) in [6, 6.07) is 6.27. The molecule has 0 fully saturated rings. The van der Waals surface area contributed by atoms with Gasteiger partial charge in [0, 0.05) is 6.20 Å². The Hall–Kier alpha value is -1.35. The van der Waals surface area contributed by atoms with Crippen LogP contribution in [0.3, 0.4) is 0 Å². The molecule has 0 aliphatic carbocycles. The zero-order chi connectivity index (χ0) is 9.97. The summed E-state index contributed by atoms with van der Waals surface area (Å²) in [5.41, 5.74) is 2.21. The Bertz CT molecular complexity index is 438. The molecule has 14 heavy (non-hydrogen) atoms. The maximum atomic E-state index is 4.39. The van der Waals surface area contributed by atoms with E-state index in [1.807, 2.05) is 30.8 Å². The Morgan fingerprint density at radius 2 is 2.36 bits per heavy atom. The Morgan fingerprint density at radius 3 is 3.00 bits per heavy atom. The van der Waals surface area contributed by atoms with Gasteiger partial charge in [-0.1, -0.05) is 12.1 Å². The van der Waals surface area contributed by atoms with Gasteiger partial charge in [-0.2, -0.15) is 5.10 Å². The minimum absolute atomic E-state index is 1.05. The van der Waals surface area contributed by atoms with Crippen molar-refractivity contribution >= 4 is 17.5 Å². The topological polar surface area (TPSA) is 17.8 Å². The van der Waals surface area contributed by atoms with Crippen LogP contribution in [0.5, 0.6) is 0 Å². The van der Waals surface area contributed by atoms with Crippen molar-refractivity contribution in [2.75, 3.05) is 0 Å². The predicted octanol–water partition coefficient (Wildman–Crippen LogP) is 3.41. The fraction of sp³-hybridized carbons (Fsp3) is 0.182. The average molecular weight is 204 g/mol. The SMILES string of the molecule is C/C=C\n1nc(C)cc1-c1cccs1. The van der Waals surface area contributed by atoms with E-state index >= 15 is 0 Å². The first-order chi connectivity index (χ1) is 6.81. The summed E-state index contributed by atoms with van der Waals surface area (Å²) in [6.07, 6.45) is 3.96. The number of thiophene rings is 1. The molecule has 0 unspecified atom stereocenters. The van der Waals surface area contributed by atoms with E-state index in [1.54, 1.807) is 11.3 Å². The molecule has 0 amide bonds. The highest BCUT2D eigenvalue weighted by molar-refractivity contribution is 7.13. The smallest absolute Gasteiger partial charge is 0.0836 e. The lowest BCUT2D eigenvalue weighted by Crippen LogP contribution is -1.90. The zero-order valence-electron chi connectivity index (χ0n) is 8.27. The number of hydrogen-bond donors (Lipinski definition) is 0. The van der Waals surface area contributed by atoms with Crippen molar-refractivity contribution in [3.63, 3.8) is 0 Å². The van der Waals surface area contributed by atoms with E-state index < -0.39 is 0 Å². The van der Waals surface area contributed by atoms with Crippen molar-refractivity contribution in [3.05, 3.63) is 35.3 Å². The standard InChI is InChI=1S/C11H12N2S/c1-3-6-13-10(8-9(2)12-13)11-5-4-7-14-11/h3-8H,1-2H3/b6-3-. The second-order valence-corrected chi connectivity index (χ2v) is 4.02. The normalized spacial score (nSPS) is 11.3. The van der Waals surface area contributed by atoms with Crippen LogP contribution < -0.4 is 0 Å². The Morgan fingerprint density at radius 1 is 1.50 bits per heavy atom. The Balaban J connectivity index is 2.52. The van der Waals surface area contributed by atoms with Crippen LogP contribution in [0, 0.1) is 6.92 Å². The lowest BCUT2D eigenvalue weighted by atomic mass is 10.3. The molecule has 3 heteroatoms. The molecule has 0 saturated heterocycles. The molecule has 0 radical (unpaired) electrons. The second kappa shape index (κ2) is 3.80. The lowest BCUT2D eigenvalue weighted by Gasteiger charge is -1.97.